The molecule has 0 aromatic heterocycles. The van der Waals surface area contributed by atoms with E-state index in [0.717, 1.165) is 6.42 Å². The van der Waals surface area contributed by atoms with Crippen molar-refractivity contribution in [3.05, 3.63) is 77.9 Å². The maximum Gasteiger partial charge on any atom is 0.338 e. The number of fused-ring (bicyclic) bond motifs is 5. The van der Waals surface area contributed by atoms with Crippen LogP contribution in [-0.2, 0) is 14.3 Å². The quantitative estimate of drug-likeness (QED) is 0.333. The summed E-state index contributed by atoms with van der Waals surface area (Å²) in [6.07, 6.45) is 4.99. The lowest BCUT2D eigenvalue weighted by molar-refractivity contribution is -0.123. The van der Waals surface area contributed by atoms with Gasteiger partial charge in [-0.1, -0.05) is 42.5 Å². The number of ketones is 1. The number of amides is 2. The number of benzene rings is 2. The van der Waals surface area contributed by atoms with Crippen LogP contribution < -0.4 is 4.90 Å². The number of nitrogens with zero attached hydrogens (tertiary/aromatic N) is 1. The highest BCUT2D eigenvalue weighted by Gasteiger charge is 2.59. The van der Waals surface area contributed by atoms with Gasteiger partial charge in [0.15, 0.2) is 12.4 Å². The summed E-state index contributed by atoms with van der Waals surface area (Å²) in [5.41, 5.74) is 1.18. The molecule has 2 aliphatic carbocycles. The summed E-state index contributed by atoms with van der Waals surface area (Å²) in [5, 5.41) is 0. The zero-order valence-corrected chi connectivity index (χ0v) is 16.1. The molecule has 3 aliphatic rings. The summed E-state index contributed by atoms with van der Waals surface area (Å²) in [6, 6.07) is 14.8. The lowest BCUT2D eigenvalue weighted by atomic mass is 9.85. The second-order valence-electron chi connectivity index (χ2n) is 7.92. The van der Waals surface area contributed by atoms with Gasteiger partial charge in [0.1, 0.15) is 0 Å². The number of esters is 1. The van der Waals surface area contributed by atoms with E-state index < -0.39 is 5.97 Å². The molecule has 1 aliphatic heterocycles. The van der Waals surface area contributed by atoms with Crippen LogP contribution in [0, 0.1) is 23.7 Å². The first-order valence-electron chi connectivity index (χ1n) is 9.96. The van der Waals surface area contributed by atoms with Crippen molar-refractivity contribution in [3.8, 4) is 0 Å². The van der Waals surface area contributed by atoms with Gasteiger partial charge in [-0.3, -0.25) is 19.3 Å². The summed E-state index contributed by atoms with van der Waals surface area (Å²) in [4.78, 5) is 51.3. The number of allylic oxidation sites excluding steroid dienone is 2. The molecule has 5 rings (SSSR count). The largest absolute Gasteiger partial charge is 0.454 e. The van der Waals surface area contributed by atoms with Gasteiger partial charge in [-0.05, 0) is 42.5 Å². The van der Waals surface area contributed by atoms with E-state index in [2.05, 4.69) is 12.2 Å². The molecule has 0 N–H and O–H groups in total. The van der Waals surface area contributed by atoms with Crippen molar-refractivity contribution in [1.29, 1.82) is 0 Å². The SMILES string of the molecule is O=C(COC(=O)c1ccc(N2C(=O)[C@@H]3[C@H](C2=O)[C@@H]2C=C[C@@H]3C2)cc1)c1ccccc1. The van der Waals surface area contributed by atoms with Crippen molar-refractivity contribution in [2.24, 2.45) is 23.7 Å². The fourth-order valence-corrected chi connectivity index (χ4v) is 4.83. The number of ether oxygens (including phenoxy) is 1. The number of hydrogen-bond donors (Lipinski definition) is 0. The Labute approximate surface area is 173 Å². The predicted octanol–water partition coefficient (Wildman–Crippen LogP) is 3.04. The van der Waals surface area contributed by atoms with Crippen LogP contribution in [0.1, 0.15) is 27.1 Å². The minimum atomic E-state index is -0.635. The highest BCUT2D eigenvalue weighted by atomic mass is 16.5. The highest BCUT2D eigenvalue weighted by Crippen LogP contribution is 2.53. The molecular weight excluding hydrogens is 382 g/mol. The van der Waals surface area contributed by atoms with Crippen LogP contribution in [0.15, 0.2) is 66.7 Å². The molecule has 2 amide bonds. The van der Waals surface area contributed by atoms with Crippen molar-refractivity contribution in [1.82, 2.24) is 0 Å². The number of rotatable bonds is 5. The van der Waals surface area contributed by atoms with Gasteiger partial charge in [0.05, 0.1) is 23.1 Å². The molecule has 1 saturated heterocycles. The summed E-state index contributed by atoms with van der Waals surface area (Å²) in [6.45, 7) is -0.354. The lowest BCUT2D eigenvalue weighted by Gasteiger charge is -2.17. The van der Waals surface area contributed by atoms with E-state index in [1.807, 2.05) is 0 Å². The van der Waals surface area contributed by atoms with Crippen molar-refractivity contribution in [2.45, 2.75) is 6.42 Å². The van der Waals surface area contributed by atoms with Gasteiger partial charge in [-0.15, -0.1) is 0 Å². The first-order chi connectivity index (χ1) is 14.5. The topological polar surface area (TPSA) is 80.8 Å². The molecule has 2 fully saturated rings. The van der Waals surface area contributed by atoms with Crippen LogP contribution in [-0.4, -0.2) is 30.2 Å². The zero-order valence-electron chi connectivity index (χ0n) is 16.1. The molecule has 2 aromatic rings. The minimum absolute atomic E-state index is 0.151. The van der Waals surface area contributed by atoms with Crippen LogP contribution in [0.3, 0.4) is 0 Å². The number of carbonyl (C=O) groups is 4. The molecule has 0 radical (unpaired) electrons. The van der Waals surface area contributed by atoms with Crippen LogP contribution in [0.2, 0.25) is 0 Å². The molecule has 30 heavy (non-hydrogen) atoms. The van der Waals surface area contributed by atoms with Gasteiger partial charge in [0, 0.05) is 5.56 Å². The summed E-state index contributed by atoms with van der Waals surface area (Å²) in [7, 11) is 0. The monoisotopic (exact) mass is 401 g/mol. The Morgan fingerprint density at radius 3 is 2.03 bits per heavy atom. The minimum Gasteiger partial charge on any atom is -0.454 e. The number of hydrogen-bond acceptors (Lipinski definition) is 5. The van der Waals surface area contributed by atoms with Gasteiger partial charge in [-0.2, -0.15) is 0 Å². The molecule has 0 unspecified atom stereocenters. The van der Waals surface area contributed by atoms with Gasteiger partial charge in [-0.25, -0.2) is 4.79 Å². The molecule has 4 atom stereocenters. The molecule has 1 saturated carbocycles. The Bertz CT molecular complexity index is 1040. The van der Waals surface area contributed by atoms with E-state index in [1.54, 1.807) is 42.5 Å². The van der Waals surface area contributed by atoms with E-state index >= 15 is 0 Å². The van der Waals surface area contributed by atoms with Gasteiger partial charge in [0.2, 0.25) is 11.8 Å². The average Bonchev–Trinajstić information content (AvgIpc) is 3.46. The van der Waals surface area contributed by atoms with Crippen LogP contribution in [0.5, 0.6) is 0 Å². The maximum atomic E-state index is 12.9. The molecule has 0 spiro atoms. The number of carbonyl (C=O) groups excluding carboxylic acids is 4. The fraction of sp³-hybridized carbons (Fsp3) is 0.250. The Balaban J connectivity index is 1.26. The number of Topliss-reactive ketones (excluding diaryl/α,β-unsaturated/α-hetero) is 1. The molecule has 2 aromatic carbocycles. The third-order valence-electron chi connectivity index (χ3n) is 6.26. The first kappa shape index (κ1) is 18.5. The summed E-state index contributed by atoms with van der Waals surface area (Å²) >= 11 is 0. The van der Waals surface area contributed by atoms with E-state index in [-0.39, 0.29) is 53.4 Å². The first-order valence-corrected chi connectivity index (χ1v) is 9.96. The summed E-state index contributed by atoms with van der Waals surface area (Å²) in [5.74, 6) is -1.47. The molecule has 150 valence electrons. The molecule has 6 heteroatoms. The standard InChI is InChI=1S/C24H19NO5/c26-19(14-4-2-1-3-5-14)13-30-24(29)15-8-10-18(11-9-15)25-22(27)20-16-6-7-17(12-16)21(20)23(25)28/h1-11,16-17,20-21H,12-13H2/t16-,17-,20-,21+/m1/s1. The molecule has 2 bridgehead atoms. The van der Waals surface area contributed by atoms with Gasteiger partial charge >= 0.3 is 5.97 Å². The molecule has 1 heterocycles. The normalized spacial score (nSPS) is 26.2. The Morgan fingerprint density at radius 1 is 0.833 bits per heavy atom. The van der Waals surface area contributed by atoms with E-state index in [4.69, 9.17) is 4.74 Å². The van der Waals surface area contributed by atoms with Crippen molar-refractivity contribution >= 4 is 29.3 Å². The van der Waals surface area contributed by atoms with Gasteiger partial charge in [0.25, 0.3) is 0 Å². The Kier molecular flexibility index (Phi) is 4.35. The van der Waals surface area contributed by atoms with Gasteiger partial charge < -0.3 is 4.74 Å². The Morgan fingerprint density at radius 2 is 1.43 bits per heavy atom. The molecular formula is C24H19NO5. The smallest absolute Gasteiger partial charge is 0.338 e. The number of anilines is 1. The van der Waals surface area contributed by atoms with E-state index in [1.165, 1.54) is 17.0 Å². The zero-order chi connectivity index (χ0) is 20.8. The van der Waals surface area contributed by atoms with Crippen molar-refractivity contribution < 1.29 is 23.9 Å². The van der Waals surface area contributed by atoms with E-state index in [0.29, 0.717) is 11.3 Å². The van der Waals surface area contributed by atoms with E-state index in [9.17, 15) is 19.2 Å². The average molecular weight is 401 g/mol. The van der Waals surface area contributed by atoms with Crippen molar-refractivity contribution in [2.75, 3.05) is 11.5 Å². The van der Waals surface area contributed by atoms with Crippen LogP contribution in [0.25, 0.3) is 0 Å². The predicted molar refractivity (Wildman–Crippen MR) is 108 cm³/mol. The summed E-state index contributed by atoms with van der Waals surface area (Å²) < 4.78 is 5.10. The van der Waals surface area contributed by atoms with Crippen LogP contribution >= 0.6 is 0 Å². The fourth-order valence-electron chi connectivity index (χ4n) is 4.83. The number of imide groups is 1. The highest BCUT2D eigenvalue weighted by molar-refractivity contribution is 6.22. The lowest BCUT2D eigenvalue weighted by Crippen LogP contribution is -2.32. The third-order valence-corrected chi connectivity index (χ3v) is 6.26. The second-order valence-corrected chi connectivity index (χ2v) is 7.92. The Hall–Kier alpha value is -3.54. The van der Waals surface area contributed by atoms with Crippen LogP contribution in [0.4, 0.5) is 5.69 Å². The maximum absolute atomic E-state index is 12.9. The molecule has 6 nitrogen and oxygen atoms in total. The second kappa shape index (κ2) is 7.06. The third kappa shape index (κ3) is 2.87. The van der Waals surface area contributed by atoms with Crippen molar-refractivity contribution in [3.63, 3.8) is 0 Å².